The van der Waals surface area contributed by atoms with Crippen LogP contribution in [0.25, 0.3) is 0 Å². The van der Waals surface area contributed by atoms with Gasteiger partial charge in [-0.25, -0.2) is 4.39 Å². The van der Waals surface area contributed by atoms with Crippen molar-refractivity contribution in [3.8, 4) is 11.5 Å². The average Bonchev–Trinajstić information content (AvgIpc) is 2.61. The third kappa shape index (κ3) is 5.73. The molecule has 0 saturated carbocycles. The molecule has 0 unspecified atom stereocenters. The lowest BCUT2D eigenvalue weighted by Crippen LogP contribution is -2.37. The Bertz CT molecular complexity index is 667. The first-order chi connectivity index (χ1) is 11.7. The quantitative estimate of drug-likeness (QED) is 0.458. The van der Waals surface area contributed by atoms with Crippen molar-refractivity contribution < 1.29 is 9.13 Å². The topological polar surface area (TPSA) is 58.5 Å². The molecule has 0 aliphatic carbocycles. The van der Waals surface area contributed by atoms with E-state index >= 15 is 0 Å². The third-order valence-electron chi connectivity index (χ3n) is 3.14. The monoisotopic (exact) mass is 348 g/mol. The van der Waals surface area contributed by atoms with Crippen molar-refractivity contribution in [2.45, 2.75) is 6.54 Å². The number of hydrogen-bond donors (Lipinski definition) is 2. The Hall–Kier alpha value is -2.28. The number of benzene rings is 1. The molecule has 0 atom stereocenters. The number of hydrogen-bond acceptors (Lipinski definition) is 4. The van der Waals surface area contributed by atoms with Crippen molar-refractivity contribution in [1.82, 2.24) is 15.6 Å². The lowest BCUT2D eigenvalue weighted by atomic mass is 10.2. The Morgan fingerprint density at radius 1 is 1.33 bits per heavy atom. The summed E-state index contributed by atoms with van der Waals surface area (Å²) in [7, 11) is 1.71. The molecular formula is C17H21FN4OS. The van der Waals surface area contributed by atoms with Crippen molar-refractivity contribution in [3.63, 3.8) is 0 Å². The van der Waals surface area contributed by atoms with E-state index in [-0.39, 0.29) is 5.75 Å². The van der Waals surface area contributed by atoms with Crippen molar-refractivity contribution in [3.05, 3.63) is 54.1 Å². The van der Waals surface area contributed by atoms with Crippen molar-refractivity contribution in [1.29, 1.82) is 0 Å². The van der Waals surface area contributed by atoms with E-state index in [1.807, 2.05) is 6.07 Å². The van der Waals surface area contributed by atoms with Crippen LogP contribution < -0.4 is 15.4 Å². The Morgan fingerprint density at radius 3 is 2.88 bits per heavy atom. The summed E-state index contributed by atoms with van der Waals surface area (Å²) in [5.74, 6) is 1.95. The van der Waals surface area contributed by atoms with E-state index in [9.17, 15) is 4.39 Å². The molecule has 24 heavy (non-hydrogen) atoms. The van der Waals surface area contributed by atoms with Crippen LogP contribution in [0.4, 0.5) is 4.39 Å². The summed E-state index contributed by atoms with van der Waals surface area (Å²) in [6.45, 7) is 1.30. The summed E-state index contributed by atoms with van der Waals surface area (Å²) < 4.78 is 19.6. The van der Waals surface area contributed by atoms with E-state index in [2.05, 4.69) is 26.9 Å². The van der Waals surface area contributed by atoms with Gasteiger partial charge in [0.15, 0.2) is 17.5 Å². The Morgan fingerprint density at radius 2 is 2.21 bits per heavy atom. The van der Waals surface area contributed by atoms with E-state index in [1.54, 1.807) is 49.4 Å². The van der Waals surface area contributed by atoms with Crippen molar-refractivity contribution >= 4 is 17.7 Å². The number of ether oxygens (including phenoxy) is 1. The van der Waals surface area contributed by atoms with Gasteiger partial charge in [-0.15, -0.1) is 0 Å². The molecule has 7 heteroatoms. The summed E-state index contributed by atoms with van der Waals surface area (Å²) in [5, 5.41) is 6.35. The third-order valence-corrected chi connectivity index (χ3v) is 3.75. The van der Waals surface area contributed by atoms with Gasteiger partial charge in [-0.1, -0.05) is 6.07 Å². The highest BCUT2D eigenvalue weighted by atomic mass is 32.2. The zero-order valence-corrected chi connectivity index (χ0v) is 14.6. The van der Waals surface area contributed by atoms with E-state index in [0.29, 0.717) is 18.3 Å². The Balaban J connectivity index is 1.92. The fourth-order valence-electron chi connectivity index (χ4n) is 1.95. The molecule has 0 saturated heterocycles. The Kier molecular flexibility index (Phi) is 7.35. The molecule has 0 aliphatic heterocycles. The van der Waals surface area contributed by atoms with Crippen LogP contribution in [-0.2, 0) is 6.54 Å². The second kappa shape index (κ2) is 9.77. The molecule has 0 aliphatic rings. The number of pyridine rings is 1. The number of halogens is 1. The highest BCUT2D eigenvalue weighted by Crippen LogP contribution is 2.24. The van der Waals surface area contributed by atoms with Crippen LogP contribution in [0.15, 0.2) is 47.7 Å². The summed E-state index contributed by atoms with van der Waals surface area (Å²) in [4.78, 5) is 8.07. The van der Waals surface area contributed by atoms with Gasteiger partial charge in [0, 0.05) is 32.1 Å². The highest BCUT2D eigenvalue weighted by molar-refractivity contribution is 7.98. The predicted octanol–water partition coefficient (Wildman–Crippen LogP) is 3.04. The first-order valence-electron chi connectivity index (χ1n) is 7.52. The summed E-state index contributed by atoms with van der Waals surface area (Å²) in [6.07, 6.45) is 5.23. The molecule has 0 spiro atoms. The number of aliphatic imine (C=N–C) groups is 1. The number of nitrogens with one attached hydrogen (secondary N) is 2. The zero-order chi connectivity index (χ0) is 17.2. The number of nitrogens with zero attached hydrogens (tertiary/aromatic N) is 2. The molecule has 2 N–H and O–H groups in total. The molecule has 0 bridgehead atoms. The minimum absolute atomic E-state index is 0.175. The van der Waals surface area contributed by atoms with E-state index in [4.69, 9.17) is 4.74 Å². The zero-order valence-electron chi connectivity index (χ0n) is 13.8. The summed E-state index contributed by atoms with van der Waals surface area (Å²) in [5.41, 5.74) is 0.804. The second-order valence-electron chi connectivity index (χ2n) is 4.90. The number of thioether (sulfide) groups is 1. The van der Waals surface area contributed by atoms with Gasteiger partial charge in [0.05, 0.1) is 6.20 Å². The molecule has 1 aromatic carbocycles. The van der Waals surface area contributed by atoms with Crippen molar-refractivity contribution in [2.24, 2.45) is 4.99 Å². The van der Waals surface area contributed by atoms with Gasteiger partial charge >= 0.3 is 0 Å². The second-order valence-corrected chi connectivity index (χ2v) is 5.89. The minimum Gasteiger partial charge on any atom is -0.453 e. The number of rotatable bonds is 7. The fourth-order valence-corrected chi connectivity index (χ4v) is 2.26. The van der Waals surface area contributed by atoms with Crippen LogP contribution in [0, 0.1) is 5.82 Å². The van der Waals surface area contributed by atoms with Crippen LogP contribution in [-0.4, -0.2) is 36.5 Å². The molecular weight excluding hydrogens is 327 g/mol. The first kappa shape index (κ1) is 18.1. The molecule has 128 valence electrons. The molecule has 1 heterocycles. The smallest absolute Gasteiger partial charge is 0.191 e. The average molecular weight is 348 g/mol. The highest BCUT2D eigenvalue weighted by Gasteiger charge is 2.07. The summed E-state index contributed by atoms with van der Waals surface area (Å²) in [6, 6.07) is 8.35. The molecule has 5 nitrogen and oxygen atoms in total. The van der Waals surface area contributed by atoms with Gasteiger partial charge in [0.2, 0.25) is 0 Å². The van der Waals surface area contributed by atoms with E-state index in [1.165, 1.54) is 6.07 Å². The number of aromatic nitrogens is 1. The molecule has 2 rings (SSSR count). The molecule has 0 radical (unpaired) electrons. The number of guanidine groups is 1. The normalized spacial score (nSPS) is 11.2. The van der Waals surface area contributed by atoms with E-state index < -0.39 is 5.82 Å². The standard InChI is InChI=1S/C17H21FN4OS/c1-19-17(21-8-9-24-2)22-11-13-5-6-16(15(18)10-13)23-14-4-3-7-20-12-14/h3-7,10,12H,8-9,11H2,1-2H3,(H2,19,21,22). The van der Waals surface area contributed by atoms with Gasteiger partial charge in [-0.05, 0) is 36.1 Å². The first-order valence-corrected chi connectivity index (χ1v) is 8.92. The fraction of sp³-hybridized carbons (Fsp3) is 0.294. The molecule has 0 fully saturated rings. The maximum Gasteiger partial charge on any atom is 0.191 e. The van der Waals surface area contributed by atoms with Gasteiger partial charge in [-0.2, -0.15) is 11.8 Å². The molecule has 2 aromatic rings. The van der Waals surface area contributed by atoms with Gasteiger partial charge in [-0.3, -0.25) is 9.98 Å². The van der Waals surface area contributed by atoms with Crippen LogP contribution in [0.3, 0.4) is 0 Å². The maximum absolute atomic E-state index is 14.2. The van der Waals surface area contributed by atoms with E-state index in [0.717, 1.165) is 17.9 Å². The lowest BCUT2D eigenvalue weighted by molar-refractivity contribution is 0.440. The largest absolute Gasteiger partial charge is 0.453 e. The van der Waals surface area contributed by atoms with Crippen LogP contribution in [0.1, 0.15) is 5.56 Å². The van der Waals surface area contributed by atoms with Crippen LogP contribution in [0.5, 0.6) is 11.5 Å². The Labute approximate surface area is 145 Å². The molecule has 1 aromatic heterocycles. The van der Waals surface area contributed by atoms with Crippen molar-refractivity contribution in [2.75, 3.05) is 25.6 Å². The SMILES string of the molecule is CN=C(NCCSC)NCc1ccc(Oc2cccnc2)c(F)c1. The summed E-state index contributed by atoms with van der Waals surface area (Å²) >= 11 is 1.76. The van der Waals surface area contributed by atoms with Gasteiger partial charge < -0.3 is 15.4 Å². The maximum atomic E-state index is 14.2. The van der Waals surface area contributed by atoms with Crippen LogP contribution in [0.2, 0.25) is 0 Å². The van der Waals surface area contributed by atoms with Gasteiger partial charge in [0.1, 0.15) is 5.75 Å². The van der Waals surface area contributed by atoms with Crippen LogP contribution >= 0.6 is 11.8 Å². The van der Waals surface area contributed by atoms with Gasteiger partial charge in [0.25, 0.3) is 0 Å². The lowest BCUT2D eigenvalue weighted by Gasteiger charge is -2.12. The minimum atomic E-state index is -0.413. The predicted molar refractivity (Wildman–Crippen MR) is 97.3 cm³/mol. The molecule has 0 amide bonds.